The van der Waals surface area contributed by atoms with Crippen LogP contribution in [-0.2, 0) is 9.53 Å². The molecule has 0 aliphatic heterocycles. The lowest BCUT2D eigenvalue weighted by Gasteiger charge is -2.23. The van der Waals surface area contributed by atoms with Crippen LogP contribution in [0.15, 0.2) is 18.3 Å². The number of rotatable bonds is 6. The maximum Gasteiger partial charge on any atom is 0.273 e. The van der Waals surface area contributed by atoms with Crippen molar-refractivity contribution in [3.05, 3.63) is 29.0 Å². The molecular formula is C13H18ClN3O3. The molecule has 1 aromatic heterocycles. The molecule has 0 radical (unpaired) electrons. The largest absolute Gasteiger partial charge is 0.383 e. The minimum atomic E-state index is -0.347. The van der Waals surface area contributed by atoms with Gasteiger partial charge in [0.15, 0.2) is 0 Å². The molecule has 20 heavy (non-hydrogen) atoms. The molecule has 110 valence electrons. The van der Waals surface area contributed by atoms with Gasteiger partial charge in [-0.3, -0.25) is 14.6 Å². The van der Waals surface area contributed by atoms with E-state index in [0.717, 1.165) is 0 Å². The SMILES string of the molecule is COCCN(CC(=O)N(C)C)C(=O)c1cc(Cl)ccn1. The van der Waals surface area contributed by atoms with Gasteiger partial charge in [0.25, 0.3) is 5.91 Å². The van der Waals surface area contributed by atoms with Gasteiger partial charge in [-0.1, -0.05) is 11.6 Å². The Kier molecular flexibility index (Phi) is 6.41. The molecule has 0 saturated heterocycles. The van der Waals surface area contributed by atoms with Crippen LogP contribution in [0.1, 0.15) is 10.5 Å². The van der Waals surface area contributed by atoms with Gasteiger partial charge in [0.1, 0.15) is 12.2 Å². The zero-order valence-electron chi connectivity index (χ0n) is 11.8. The maximum atomic E-state index is 12.3. The average molecular weight is 300 g/mol. The minimum Gasteiger partial charge on any atom is -0.383 e. The van der Waals surface area contributed by atoms with E-state index < -0.39 is 0 Å². The number of carbonyl (C=O) groups excluding carboxylic acids is 2. The van der Waals surface area contributed by atoms with Crippen molar-refractivity contribution in [2.75, 3.05) is 40.9 Å². The first-order valence-corrected chi connectivity index (χ1v) is 6.43. The molecule has 0 aliphatic carbocycles. The third-order valence-electron chi connectivity index (χ3n) is 2.62. The summed E-state index contributed by atoms with van der Waals surface area (Å²) in [6.07, 6.45) is 1.46. The zero-order chi connectivity index (χ0) is 15.1. The van der Waals surface area contributed by atoms with Gasteiger partial charge >= 0.3 is 0 Å². The number of carbonyl (C=O) groups is 2. The smallest absolute Gasteiger partial charge is 0.273 e. The number of amides is 2. The normalized spacial score (nSPS) is 10.2. The summed E-state index contributed by atoms with van der Waals surface area (Å²) in [6.45, 7) is 0.625. The Labute approximate surface area is 123 Å². The summed E-state index contributed by atoms with van der Waals surface area (Å²) in [5.74, 6) is -0.517. The molecule has 1 aromatic rings. The van der Waals surface area contributed by atoms with Crippen molar-refractivity contribution in [1.82, 2.24) is 14.8 Å². The number of hydrogen-bond donors (Lipinski definition) is 0. The van der Waals surface area contributed by atoms with Crippen LogP contribution in [0.4, 0.5) is 0 Å². The summed E-state index contributed by atoms with van der Waals surface area (Å²) in [6, 6.07) is 3.06. The second kappa shape index (κ2) is 7.81. The second-order valence-electron chi connectivity index (χ2n) is 4.37. The maximum absolute atomic E-state index is 12.3. The highest BCUT2D eigenvalue weighted by atomic mass is 35.5. The number of nitrogens with zero attached hydrogens (tertiary/aromatic N) is 3. The summed E-state index contributed by atoms with van der Waals surface area (Å²) in [5, 5.41) is 0.425. The van der Waals surface area contributed by atoms with Crippen molar-refractivity contribution in [3.63, 3.8) is 0 Å². The topological polar surface area (TPSA) is 62.7 Å². The standard InChI is InChI=1S/C13H18ClN3O3/c1-16(2)12(18)9-17(6-7-20-3)13(19)11-8-10(14)4-5-15-11/h4-5,8H,6-7,9H2,1-3H3. The van der Waals surface area contributed by atoms with Gasteiger partial charge in [0.2, 0.25) is 5.91 Å². The van der Waals surface area contributed by atoms with Crippen LogP contribution in [0, 0.1) is 0 Å². The quantitative estimate of drug-likeness (QED) is 0.783. The van der Waals surface area contributed by atoms with E-state index in [0.29, 0.717) is 18.2 Å². The Morgan fingerprint density at radius 1 is 1.40 bits per heavy atom. The van der Waals surface area contributed by atoms with Crippen molar-refractivity contribution in [2.24, 2.45) is 0 Å². The molecule has 7 heteroatoms. The lowest BCUT2D eigenvalue weighted by molar-refractivity contribution is -0.129. The third-order valence-corrected chi connectivity index (χ3v) is 2.85. The molecule has 0 N–H and O–H groups in total. The van der Waals surface area contributed by atoms with Gasteiger partial charge in [0, 0.05) is 39.0 Å². The lowest BCUT2D eigenvalue weighted by Crippen LogP contribution is -2.42. The predicted molar refractivity (Wildman–Crippen MR) is 75.7 cm³/mol. The van der Waals surface area contributed by atoms with E-state index in [2.05, 4.69) is 4.98 Å². The number of halogens is 1. The summed E-state index contributed by atoms with van der Waals surface area (Å²) in [5.41, 5.74) is 0.208. The first-order valence-electron chi connectivity index (χ1n) is 6.05. The van der Waals surface area contributed by atoms with Gasteiger partial charge in [-0.25, -0.2) is 0 Å². The minimum absolute atomic E-state index is 0.0244. The van der Waals surface area contributed by atoms with E-state index in [-0.39, 0.29) is 24.1 Å². The van der Waals surface area contributed by atoms with E-state index in [1.807, 2.05) is 0 Å². The predicted octanol–water partition coefficient (Wildman–Crippen LogP) is 0.912. The van der Waals surface area contributed by atoms with Crippen LogP contribution >= 0.6 is 11.6 Å². The molecular weight excluding hydrogens is 282 g/mol. The molecule has 0 aliphatic rings. The molecule has 6 nitrogen and oxygen atoms in total. The Morgan fingerprint density at radius 2 is 2.10 bits per heavy atom. The summed E-state index contributed by atoms with van der Waals surface area (Å²) < 4.78 is 4.96. The monoisotopic (exact) mass is 299 g/mol. The van der Waals surface area contributed by atoms with Crippen LogP contribution in [0.25, 0.3) is 0 Å². The fraction of sp³-hybridized carbons (Fsp3) is 0.462. The van der Waals surface area contributed by atoms with Gasteiger partial charge < -0.3 is 14.5 Å². The third kappa shape index (κ3) is 4.79. The Bertz CT molecular complexity index is 480. The van der Waals surface area contributed by atoms with E-state index in [4.69, 9.17) is 16.3 Å². The van der Waals surface area contributed by atoms with Crippen molar-refractivity contribution in [2.45, 2.75) is 0 Å². The van der Waals surface area contributed by atoms with Crippen molar-refractivity contribution < 1.29 is 14.3 Å². The number of hydrogen-bond acceptors (Lipinski definition) is 4. The van der Waals surface area contributed by atoms with Gasteiger partial charge in [-0.2, -0.15) is 0 Å². The van der Waals surface area contributed by atoms with Gasteiger partial charge in [-0.05, 0) is 12.1 Å². The van der Waals surface area contributed by atoms with Crippen LogP contribution in [0.3, 0.4) is 0 Å². The van der Waals surface area contributed by atoms with E-state index in [9.17, 15) is 9.59 Å². The average Bonchev–Trinajstić information content (AvgIpc) is 2.42. The second-order valence-corrected chi connectivity index (χ2v) is 4.80. The van der Waals surface area contributed by atoms with Crippen LogP contribution in [-0.4, -0.2) is 67.5 Å². The molecule has 0 fully saturated rings. The van der Waals surface area contributed by atoms with E-state index >= 15 is 0 Å². The molecule has 0 unspecified atom stereocenters. The number of likely N-dealkylation sites (N-methyl/N-ethyl adjacent to an activating group) is 1. The van der Waals surface area contributed by atoms with Crippen molar-refractivity contribution in [1.29, 1.82) is 0 Å². The molecule has 1 heterocycles. The summed E-state index contributed by atoms with van der Waals surface area (Å²) >= 11 is 5.84. The number of ether oxygens (including phenoxy) is 1. The summed E-state index contributed by atoms with van der Waals surface area (Å²) in [7, 11) is 4.81. The van der Waals surface area contributed by atoms with Crippen LogP contribution < -0.4 is 0 Å². The molecule has 0 atom stereocenters. The van der Waals surface area contributed by atoms with Crippen molar-refractivity contribution in [3.8, 4) is 0 Å². The zero-order valence-corrected chi connectivity index (χ0v) is 12.6. The first kappa shape index (κ1) is 16.4. The van der Waals surface area contributed by atoms with E-state index in [1.54, 1.807) is 20.2 Å². The molecule has 1 rings (SSSR count). The van der Waals surface area contributed by atoms with Crippen LogP contribution in [0.2, 0.25) is 5.02 Å². The van der Waals surface area contributed by atoms with Crippen molar-refractivity contribution >= 4 is 23.4 Å². The van der Waals surface area contributed by atoms with Crippen LogP contribution in [0.5, 0.6) is 0 Å². The fourth-order valence-corrected chi connectivity index (χ4v) is 1.60. The highest BCUT2D eigenvalue weighted by Crippen LogP contribution is 2.10. The Hall–Kier alpha value is -1.66. The van der Waals surface area contributed by atoms with Gasteiger partial charge in [-0.15, -0.1) is 0 Å². The molecule has 2 amide bonds. The van der Waals surface area contributed by atoms with Gasteiger partial charge in [0.05, 0.1) is 6.61 Å². The summed E-state index contributed by atoms with van der Waals surface area (Å²) in [4.78, 5) is 30.9. The lowest BCUT2D eigenvalue weighted by atomic mass is 10.3. The first-order chi connectivity index (χ1) is 9.45. The van der Waals surface area contributed by atoms with E-state index in [1.165, 1.54) is 29.2 Å². The molecule has 0 saturated carbocycles. The Morgan fingerprint density at radius 3 is 2.65 bits per heavy atom. The number of pyridine rings is 1. The highest BCUT2D eigenvalue weighted by Gasteiger charge is 2.20. The highest BCUT2D eigenvalue weighted by molar-refractivity contribution is 6.30. The fourth-order valence-electron chi connectivity index (χ4n) is 1.44. The Balaban J connectivity index is 2.86. The molecule has 0 spiro atoms. The number of aromatic nitrogens is 1. The molecule has 0 bridgehead atoms. The molecule has 0 aromatic carbocycles. The number of methoxy groups -OCH3 is 1.